The maximum absolute atomic E-state index is 12.3. The fourth-order valence-corrected chi connectivity index (χ4v) is 3.24. The van der Waals surface area contributed by atoms with Crippen LogP contribution in [0.4, 0.5) is 15.9 Å². The minimum atomic E-state index is -0.286. The Morgan fingerprint density at radius 3 is 2.71 bits per heavy atom. The summed E-state index contributed by atoms with van der Waals surface area (Å²) in [4.78, 5) is 38.6. The minimum absolute atomic E-state index is 0.171. The van der Waals surface area contributed by atoms with Crippen molar-refractivity contribution < 1.29 is 4.79 Å². The van der Waals surface area contributed by atoms with Crippen LogP contribution in [-0.2, 0) is 6.42 Å². The van der Waals surface area contributed by atoms with Crippen LogP contribution < -0.4 is 15.8 Å². The van der Waals surface area contributed by atoms with E-state index in [0.29, 0.717) is 31.9 Å². The Balaban J connectivity index is 1.57. The summed E-state index contributed by atoms with van der Waals surface area (Å²) in [5.74, 6) is 1.02. The summed E-state index contributed by atoms with van der Waals surface area (Å²) in [7, 11) is 0. The van der Waals surface area contributed by atoms with Gasteiger partial charge in [-0.2, -0.15) is 4.37 Å². The van der Waals surface area contributed by atoms with Crippen molar-refractivity contribution in [2.75, 3.05) is 36.4 Å². The van der Waals surface area contributed by atoms with Crippen LogP contribution in [-0.4, -0.2) is 56.4 Å². The molecule has 2 amide bonds. The lowest BCUT2D eigenvalue weighted by atomic mass is 10.3. The quantitative estimate of drug-likeness (QED) is 0.850. The maximum atomic E-state index is 12.3. The highest BCUT2D eigenvalue weighted by atomic mass is 32.1. The Morgan fingerprint density at radius 1 is 1.33 bits per heavy atom. The number of rotatable bonds is 3. The van der Waals surface area contributed by atoms with Gasteiger partial charge in [0.05, 0.1) is 0 Å². The molecule has 1 aliphatic heterocycles. The number of piperazine rings is 1. The third kappa shape index (κ3) is 3.70. The Hall–Kier alpha value is -2.49. The molecule has 3 heterocycles. The molecule has 9 nitrogen and oxygen atoms in total. The van der Waals surface area contributed by atoms with Gasteiger partial charge in [-0.25, -0.2) is 14.8 Å². The van der Waals surface area contributed by atoms with Crippen LogP contribution in [0.2, 0.25) is 0 Å². The van der Waals surface area contributed by atoms with Crippen molar-refractivity contribution >= 4 is 28.6 Å². The van der Waals surface area contributed by atoms with Crippen molar-refractivity contribution in [1.29, 1.82) is 0 Å². The largest absolute Gasteiger partial charge is 0.343 e. The minimum Gasteiger partial charge on any atom is -0.343 e. The van der Waals surface area contributed by atoms with Gasteiger partial charge in [0, 0.05) is 55.9 Å². The number of hydrogen-bond donors (Lipinski definition) is 2. The summed E-state index contributed by atoms with van der Waals surface area (Å²) in [6, 6.07) is 1.11. The molecule has 1 saturated heterocycles. The zero-order chi connectivity index (χ0) is 17.1. The van der Waals surface area contributed by atoms with E-state index in [4.69, 9.17) is 0 Å². The molecule has 2 N–H and O–H groups in total. The lowest BCUT2D eigenvalue weighted by Gasteiger charge is -2.34. The van der Waals surface area contributed by atoms with Gasteiger partial charge in [-0.05, 0) is 6.92 Å². The van der Waals surface area contributed by atoms with Gasteiger partial charge in [0.25, 0.3) is 5.56 Å². The summed E-state index contributed by atoms with van der Waals surface area (Å²) < 4.78 is 4.29. The molecule has 0 radical (unpaired) electrons. The molecule has 1 aliphatic rings. The Morgan fingerprint density at radius 2 is 2.08 bits per heavy atom. The van der Waals surface area contributed by atoms with Crippen LogP contribution in [0.5, 0.6) is 0 Å². The fraction of sp³-hybridized carbons (Fsp3) is 0.500. The van der Waals surface area contributed by atoms with Gasteiger partial charge < -0.3 is 9.80 Å². The zero-order valence-electron chi connectivity index (χ0n) is 13.6. The van der Waals surface area contributed by atoms with E-state index in [0.717, 1.165) is 17.4 Å². The van der Waals surface area contributed by atoms with Crippen LogP contribution in [0.1, 0.15) is 18.4 Å². The van der Waals surface area contributed by atoms with E-state index >= 15 is 0 Å². The second-order valence-corrected chi connectivity index (χ2v) is 6.22. The molecule has 128 valence electrons. The first-order valence-electron chi connectivity index (χ1n) is 7.76. The van der Waals surface area contributed by atoms with Crippen LogP contribution in [0.15, 0.2) is 10.9 Å². The van der Waals surface area contributed by atoms with Gasteiger partial charge in [0.2, 0.25) is 11.1 Å². The molecule has 0 unspecified atom stereocenters. The van der Waals surface area contributed by atoms with E-state index < -0.39 is 0 Å². The van der Waals surface area contributed by atoms with Gasteiger partial charge in [-0.15, -0.1) is 0 Å². The number of nitrogens with zero attached hydrogens (tertiary/aromatic N) is 5. The summed E-state index contributed by atoms with van der Waals surface area (Å²) in [6.45, 7) is 6.27. The highest BCUT2D eigenvalue weighted by molar-refractivity contribution is 7.09. The van der Waals surface area contributed by atoms with Crippen LogP contribution >= 0.6 is 11.5 Å². The highest BCUT2D eigenvalue weighted by Crippen LogP contribution is 2.19. The topological polar surface area (TPSA) is 107 Å². The predicted molar refractivity (Wildman–Crippen MR) is 91.7 cm³/mol. The van der Waals surface area contributed by atoms with Crippen molar-refractivity contribution in [3.8, 4) is 0 Å². The van der Waals surface area contributed by atoms with Crippen molar-refractivity contribution in [1.82, 2.24) is 24.2 Å². The molecule has 2 aromatic heterocycles. The first-order chi connectivity index (χ1) is 11.5. The number of carbonyl (C=O) groups is 1. The Labute approximate surface area is 142 Å². The molecule has 0 atom stereocenters. The maximum Gasteiger partial charge on any atom is 0.324 e. The molecule has 3 rings (SSSR count). The molecule has 1 fully saturated rings. The number of aromatic nitrogens is 4. The standard InChI is InChI=1S/C14H19N7O2S/c1-3-10-16-14(24-19-10)21-6-4-20(5-7-21)13(23)18-12-15-9(2)8-11(22)17-12/h8H,3-7H2,1-2H3,(H2,15,17,18,22,23). The zero-order valence-corrected chi connectivity index (χ0v) is 14.4. The molecular formula is C14H19N7O2S. The summed E-state index contributed by atoms with van der Waals surface area (Å²) in [6.07, 6.45) is 0.820. The van der Waals surface area contributed by atoms with E-state index in [1.165, 1.54) is 17.6 Å². The number of urea groups is 1. The molecule has 0 spiro atoms. The predicted octanol–water partition coefficient (Wildman–Crippen LogP) is 0.846. The SMILES string of the molecule is CCc1nsc(N2CCN(C(=O)Nc3nc(C)cc(=O)[nH]3)CC2)n1. The fourth-order valence-electron chi connectivity index (χ4n) is 2.44. The van der Waals surface area contributed by atoms with Gasteiger partial charge in [-0.1, -0.05) is 6.92 Å². The lowest BCUT2D eigenvalue weighted by molar-refractivity contribution is 0.208. The molecular weight excluding hydrogens is 330 g/mol. The number of carbonyl (C=O) groups excluding carboxylic acids is 1. The number of amides is 2. The molecule has 0 aliphatic carbocycles. The molecule has 10 heteroatoms. The van der Waals surface area contributed by atoms with Gasteiger partial charge in [-0.3, -0.25) is 15.1 Å². The normalized spacial score (nSPS) is 14.8. The first kappa shape index (κ1) is 16.4. The van der Waals surface area contributed by atoms with Gasteiger partial charge >= 0.3 is 6.03 Å². The smallest absolute Gasteiger partial charge is 0.324 e. The second-order valence-electron chi connectivity index (χ2n) is 5.49. The third-order valence-electron chi connectivity index (χ3n) is 3.71. The van der Waals surface area contributed by atoms with Crippen LogP contribution in [0.3, 0.4) is 0 Å². The average Bonchev–Trinajstić information content (AvgIpc) is 3.03. The second kappa shape index (κ2) is 6.95. The number of hydrogen-bond acceptors (Lipinski definition) is 7. The van der Waals surface area contributed by atoms with Crippen molar-refractivity contribution in [2.45, 2.75) is 20.3 Å². The van der Waals surface area contributed by atoms with Crippen molar-refractivity contribution in [3.05, 3.63) is 27.9 Å². The Kier molecular flexibility index (Phi) is 4.74. The summed E-state index contributed by atoms with van der Waals surface area (Å²) in [5, 5.41) is 3.54. The average molecular weight is 349 g/mol. The van der Waals surface area contributed by atoms with Crippen LogP contribution in [0.25, 0.3) is 0 Å². The van der Waals surface area contributed by atoms with Gasteiger partial charge in [0.15, 0.2) is 0 Å². The van der Waals surface area contributed by atoms with Crippen molar-refractivity contribution in [3.63, 3.8) is 0 Å². The number of H-pyrrole nitrogens is 1. The highest BCUT2D eigenvalue weighted by Gasteiger charge is 2.23. The first-order valence-corrected chi connectivity index (χ1v) is 8.54. The summed E-state index contributed by atoms with van der Waals surface area (Å²) in [5.41, 5.74) is 0.271. The lowest BCUT2D eigenvalue weighted by Crippen LogP contribution is -2.50. The van der Waals surface area contributed by atoms with Gasteiger partial charge in [0.1, 0.15) is 5.82 Å². The van der Waals surface area contributed by atoms with E-state index in [9.17, 15) is 9.59 Å². The molecule has 0 bridgehead atoms. The van der Waals surface area contributed by atoms with E-state index in [1.54, 1.807) is 11.8 Å². The molecule has 24 heavy (non-hydrogen) atoms. The Bertz CT molecular complexity index is 779. The van der Waals surface area contributed by atoms with E-state index in [2.05, 4.69) is 29.5 Å². The van der Waals surface area contributed by atoms with E-state index in [1.807, 2.05) is 6.92 Å². The number of aromatic amines is 1. The monoisotopic (exact) mass is 349 g/mol. The molecule has 0 aromatic carbocycles. The van der Waals surface area contributed by atoms with E-state index in [-0.39, 0.29) is 17.5 Å². The third-order valence-corrected chi connectivity index (χ3v) is 4.52. The molecule has 0 saturated carbocycles. The molecule has 2 aromatic rings. The number of anilines is 2. The van der Waals surface area contributed by atoms with Crippen molar-refractivity contribution in [2.24, 2.45) is 0 Å². The number of aryl methyl sites for hydroxylation is 2. The van der Waals surface area contributed by atoms with Crippen LogP contribution in [0, 0.1) is 6.92 Å². The summed E-state index contributed by atoms with van der Waals surface area (Å²) >= 11 is 1.39. The number of nitrogens with one attached hydrogen (secondary N) is 2.